The molecule has 1 N–H and O–H groups in total. The van der Waals surface area contributed by atoms with Gasteiger partial charge in [-0.25, -0.2) is 9.97 Å². The van der Waals surface area contributed by atoms with Gasteiger partial charge in [0.2, 0.25) is 5.88 Å². The average Bonchev–Trinajstić information content (AvgIpc) is 3.07. The van der Waals surface area contributed by atoms with E-state index in [1.807, 2.05) is 31.5 Å². The first-order chi connectivity index (χ1) is 13.1. The van der Waals surface area contributed by atoms with Crippen LogP contribution in [-0.2, 0) is 12.8 Å². The zero-order chi connectivity index (χ0) is 18.8. The maximum Gasteiger partial charge on any atom is 0.216 e. The van der Waals surface area contributed by atoms with Gasteiger partial charge in [0, 0.05) is 48.1 Å². The summed E-state index contributed by atoms with van der Waals surface area (Å²) in [5.41, 5.74) is 7.53. The minimum Gasteiger partial charge on any atom is -0.481 e. The van der Waals surface area contributed by atoms with Crippen LogP contribution in [0.2, 0.25) is 0 Å². The lowest BCUT2D eigenvalue weighted by molar-refractivity contribution is 0.393. The van der Waals surface area contributed by atoms with E-state index < -0.39 is 0 Å². The molecule has 0 aromatic carbocycles. The van der Waals surface area contributed by atoms with Crippen molar-refractivity contribution in [2.75, 3.05) is 7.11 Å². The molecular formula is C22H21N4O. The van der Waals surface area contributed by atoms with E-state index in [4.69, 9.17) is 4.74 Å². The summed E-state index contributed by atoms with van der Waals surface area (Å²) in [5, 5.41) is 1.16. The minimum absolute atomic E-state index is 0.645. The molecule has 4 aromatic heterocycles. The summed E-state index contributed by atoms with van der Waals surface area (Å²) in [6.07, 6.45) is 10.3. The Hall–Kier alpha value is -3.21. The van der Waals surface area contributed by atoms with Gasteiger partial charge in [0.05, 0.1) is 13.3 Å². The first kappa shape index (κ1) is 17.2. The average molecular weight is 357 g/mol. The van der Waals surface area contributed by atoms with Gasteiger partial charge in [0.15, 0.2) is 0 Å². The zero-order valence-corrected chi connectivity index (χ0v) is 15.7. The molecule has 0 saturated heterocycles. The second kappa shape index (κ2) is 7.19. The molecule has 1 radical (unpaired) electrons. The Labute approximate surface area is 158 Å². The molecule has 0 aliphatic heterocycles. The smallest absolute Gasteiger partial charge is 0.216 e. The van der Waals surface area contributed by atoms with Gasteiger partial charge in [-0.2, -0.15) is 0 Å². The Balaban J connectivity index is 1.65. The fourth-order valence-corrected chi connectivity index (χ4v) is 3.31. The Kier molecular flexibility index (Phi) is 4.59. The highest BCUT2D eigenvalue weighted by molar-refractivity contribution is 5.80. The molecule has 0 aliphatic carbocycles. The number of nitrogens with zero attached hydrogens (tertiary/aromatic N) is 3. The number of aromatic nitrogens is 4. The van der Waals surface area contributed by atoms with Crippen molar-refractivity contribution in [3.63, 3.8) is 0 Å². The van der Waals surface area contributed by atoms with Crippen LogP contribution < -0.4 is 4.74 Å². The molecule has 0 fully saturated rings. The normalized spacial score (nSPS) is 11.1. The monoisotopic (exact) mass is 357 g/mol. The van der Waals surface area contributed by atoms with Crippen LogP contribution in [0, 0.1) is 20.0 Å². The molecule has 5 heteroatoms. The van der Waals surface area contributed by atoms with E-state index in [0.717, 1.165) is 39.8 Å². The minimum atomic E-state index is 0.645. The van der Waals surface area contributed by atoms with E-state index in [2.05, 4.69) is 45.2 Å². The molecule has 5 nitrogen and oxygen atoms in total. The molecule has 0 atom stereocenters. The van der Waals surface area contributed by atoms with Crippen molar-refractivity contribution in [1.29, 1.82) is 0 Å². The molecule has 135 valence electrons. The highest BCUT2D eigenvalue weighted by Gasteiger charge is 2.11. The van der Waals surface area contributed by atoms with Crippen molar-refractivity contribution < 1.29 is 4.74 Å². The zero-order valence-electron chi connectivity index (χ0n) is 15.7. The van der Waals surface area contributed by atoms with Crippen LogP contribution >= 0.6 is 0 Å². The van der Waals surface area contributed by atoms with Crippen LogP contribution in [0.4, 0.5) is 0 Å². The first-order valence-electron chi connectivity index (χ1n) is 8.91. The summed E-state index contributed by atoms with van der Waals surface area (Å²) >= 11 is 0. The number of ether oxygens (including phenoxy) is 1. The number of methoxy groups -OCH3 is 1. The third-order valence-corrected chi connectivity index (χ3v) is 4.74. The van der Waals surface area contributed by atoms with Crippen LogP contribution in [0.1, 0.15) is 33.5 Å². The van der Waals surface area contributed by atoms with Crippen LogP contribution in [0.15, 0.2) is 42.9 Å². The van der Waals surface area contributed by atoms with Gasteiger partial charge >= 0.3 is 0 Å². The number of aromatic amines is 1. The highest BCUT2D eigenvalue weighted by atomic mass is 16.5. The van der Waals surface area contributed by atoms with Crippen molar-refractivity contribution in [2.45, 2.75) is 26.7 Å². The molecule has 0 bridgehead atoms. The predicted octanol–water partition coefficient (Wildman–Crippen LogP) is 3.96. The number of H-pyrrole nitrogens is 1. The molecular weight excluding hydrogens is 336 g/mol. The molecule has 4 heterocycles. The first-order valence-corrected chi connectivity index (χ1v) is 8.91. The maximum absolute atomic E-state index is 5.36. The number of hydrogen-bond acceptors (Lipinski definition) is 4. The summed E-state index contributed by atoms with van der Waals surface area (Å²) in [7, 11) is 1.64. The number of hydrogen-bond donors (Lipinski definition) is 1. The topological polar surface area (TPSA) is 63.7 Å². The molecule has 0 amide bonds. The molecule has 0 aliphatic rings. The summed E-state index contributed by atoms with van der Waals surface area (Å²) in [6, 6.07) is 8.29. The number of fused-ring (bicyclic) bond motifs is 1. The third kappa shape index (κ3) is 3.53. The summed E-state index contributed by atoms with van der Waals surface area (Å²) in [6.45, 7) is 4.09. The lowest BCUT2D eigenvalue weighted by atomic mass is 9.99. The Morgan fingerprint density at radius 3 is 2.81 bits per heavy atom. The molecule has 27 heavy (non-hydrogen) atoms. The lowest BCUT2D eigenvalue weighted by Gasteiger charge is -2.10. The Bertz CT molecular complexity index is 1100. The Morgan fingerprint density at radius 2 is 1.96 bits per heavy atom. The summed E-state index contributed by atoms with van der Waals surface area (Å²) in [5.74, 6) is 0.645. The van der Waals surface area contributed by atoms with Crippen molar-refractivity contribution in [3.05, 3.63) is 82.6 Å². The van der Waals surface area contributed by atoms with E-state index in [-0.39, 0.29) is 0 Å². The number of pyridine rings is 3. The summed E-state index contributed by atoms with van der Waals surface area (Å²) < 4.78 is 5.36. The van der Waals surface area contributed by atoms with Gasteiger partial charge in [-0.15, -0.1) is 0 Å². The van der Waals surface area contributed by atoms with Gasteiger partial charge in [-0.3, -0.25) is 4.98 Å². The Morgan fingerprint density at radius 1 is 1.07 bits per heavy atom. The van der Waals surface area contributed by atoms with E-state index >= 15 is 0 Å². The van der Waals surface area contributed by atoms with Gasteiger partial charge in [-0.05, 0) is 48.2 Å². The predicted molar refractivity (Wildman–Crippen MR) is 105 cm³/mol. The van der Waals surface area contributed by atoms with Crippen LogP contribution in [0.3, 0.4) is 0 Å². The van der Waals surface area contributed by atoms with Crippen molar-refractivity contribution in [2.24, 2.45) is 0 Å². The number of nitrogens with one attached hydrogen (secondary N) is 1. The van der Waals surface area contributed by atoms with Gasteiger partial charge < -0.3 is 9.72 Å². The van der Waals surface area contributed by atoms with Gasteiger partial charge in [0.25, 0.3) is 0 Å². The van der Waals surface area contributed by atoms with Gasteiger partial charge in [-0.1, -0.05) is 12.1 Å². The maximum atomic E-state index is 5.36. The quantitative estimate of drug-likeness (QED) is 0.587. The van der Waals surface area contributed by atoms with Gasteiger partial charge in [0.1, 0.15) is 5.65 Å². The molecule has 4 aromatic rings. The standard InChI is InChI=1S/C22H21N4O/c1-14-7-20-19(13-26-21(20)25-11-14)10-18-9-16(12-24-15(18)2)8-17-5-4-6-23-22(17)27-3/h4-7,9,11,13H,8,10H2,1-3H3,(H,25,26). The van der Waals surface area contributed by atoms with E-state index in [1.54, 1.807) is 13.3 Å². The van der Waals surface area contributed by atoms with E-state index in [0.29, 0.717) is 12.3 Å². The van der Waals surface area contributed by atoms with E-state index in [9.17, 15) is 0 Å². The van der Waals surface area contributed by atoms with E-state index in [1.165, 1.54) is 11.1 Å². The van der Waals surface area contributed by atoms with Crippen LogP contribution in [0.5, 0.6) is 5.88 Å². The fraction of sp³-hybridized carbons (Fsp3) is 0.227. The third-order valence-electron chi connectivity index (χ3n) is 4.74. The molecule has 0 unspecified atom stereocenters. The molecule has 4 rings (SSSR count). The van der Waals surface area contributed by atoms with Crippen molar-refractivity contribution in [1.82, 2.24) is 19.9 Å². The molecule has 0 saturated carbocycles. The summed E-state index contributed by atoms with van der Waals surface area (Å²) in [4.78, 5) is 16.5. The SMILES string of the molecule is COc1ncccc1Cc1[c]nc(C)c(Cc2c[nH]c3ncc(C)cc23)c1. The second-order valence-corrected chi connectivity index (χ2v) is 6.75. The van der Waals surface area contributed by atoms with Crippen LogP contribution in [0.25, 0.3) is 11.0 Å². The lowest BCUT2D eigenvalue weighted by Crippen LogP contribution is -2.00. The number of aryl methyl sites for hydroxylation is 2. The fourth-order valence-electron chi connectivity index (χ4n) is 3.31. The number of rotatable bonds is 5. The van der Waals surface area contributed by atoms with Crippen molar-refractivity contribution in [3.8, 4) is 5.88 Å². The van der Waals surface area contributed by atoms with Crippen molar-refractivity contribution >= 4 is 11.0 Å². The molecule has 0 spiro atoms. The second-order valence-electron chi connectivity index (χ2n) is 6.75. The largest absolute Gasteiger partial charge is 0.481 e. The van der Waals surface area contributed by atoms with Crippen LogP contribution in [-0.4, -0.2) is 27.0 Å². The highest BCUT2D eigenvalue weighted by Crippen LogP contribution is 2.23.